The highest BCUT2D eigenvalue weighted by molar-refractivity contribution is 5.73. The molecule has 0 heterocycles. The molecule has 0 aliphatic heterocycles. The molecule has 0 amide bonds. The number of aliphatic hydroxyl groups is 1. The predicted octanol–water partition coefficient (Wildman–Crippen LogP) is -1.61. The lowest BCUT2D eigenvalue weighted by molar-refractivity contribution is -0.139. The van der Waals surface area contributed by atoms with Crippen LogP contribution in [-0.2, 0) is 4.79 Å². The van der Waals surface area contributed by atoms with Crippen molar-refractivity contribution in [3.8, 4) is 0 Å². The van der Waals surface area contributed by atoms with Crippen LogP contribution in [0.3, 0.4) is 0 Å². The van der Waals surface area contributed by atoms with E-state index in [1.165, 1.54) is 0 Å². The first-order chi connectivity index (χ1) is 3.55. The quantitative estimate of drug-likeness (QED) is 0.395. The summed E-state index contributed by atoms with van der Waals surface area (Å²) in [4.78, 5) is 9.74. The highest BCUT2D eigenvalue weighted by Crippen LogP contribution is 1.71. The van der Waals surface area contributed by atoms with Gasteiger partial charge in [0, 0.05) is 0 Å². The van der Waals surface area contributed by atoms with E-state index in [9.17, 15) is 4.79 Å². The molecule has 0 fully saturated rings. The predicted molar refractivity (Wildman–Crippen MR) is 22.7 cm³/mol. The van der Waals surface area contributed by atoms with Gasteiger partial charge in [-0.3, -0.25) is 4.79 Å². The first-order valence-electron chi connectivity index (χ1n) is 2.22. The number of hydrogen-bond donors (Lipinski definition) is 3. The average Bonchev–Trinajstić information content (AvgIpc) is 1.64. The molecule has 4 N–H and O–H groups in total. The van der Waals surface area contributed by atoms with E-state index in [1.54, 1.807) is 0 Å². The van der Waals surface area contributed by atoms with E-state index < -0.39 is 18.6 Å². The van der Waals surface area contributed by atoms with Gasteiger partial charge in [0.2, 0.25) is 0 Å². The lowest BCUT2D eigenvalue weighted by Crippen LogP contribution is -2.33. The zero-order chi connectivity index (χ0) is 6.73. The number of aliphatic carboxylic acids is 1. The Morgan fingerprint density at radius 3 is 2.57 bits per heavy atom. The maximum atomic E-state index is 9.74. The van der Waals surface area contributed by atoms with Crippen LogP contribution >= 0.6 is 0 Å². The smallest absolute Gasteiger partial charge is 0.322 e. The topological polar surface area (TPSA) is 83.5 Å². The summed E-state index contributed by atoms with van der Waals surface area (Å²) in [6.45, 7) is -1.73. The van der Waals surface area contributed by atoms with Gasteiger partial charge in [-0.2, -0.15) is 0 Å². The maximum absolute atomic E-state index is 9.74. The molecule has 42 valence electrons. The van der Waals surface area contributed by atoms with Crippen molar-refractivity contribution in [1.82, 2.24) is 0 Å². The lowest BCUT2D eigenvalue weighted by Gasteiger charge is -1.96. The number of aliphatic hydroxyl groups excluding tert-OH is 1. The van der Waals surface area contributed by atoms with E-state index in [0.29, 0.717) is 0 Å². The SMILES string of the molecule is [2H][C@@H](O)[C@H](N)C(=O)O. The molecule has 4 heteroatoms. The van der Waals surface area contributed by atoms with Crippen molar-refractivity contribution >= 4 is 5.97 Å². The van der Waals surface area contributed by atoms with Crippen LogP contribution in [-0.4, -0.2) is 28.8 Å². The van der Waals surface area contributed by atoms with Crippen LogP contribution in [0.4, 0.5) is 0 Å². The highest BCUT2D eigenvalue weighted by Gasteiger charge is 2.06. The fourth-order valence-electron chi connectivity index (χ4n) is 0.0638. The molecular weight excluding hydrogens is 98.0 g/mol. The summed E-state index contributed by atoms with van der Waals surface area (Å²) in [5, 5.41) is 16.1. The molecule has 0 aromatic heterocycles. The van der Waals surface area contributed by atoms with Crippen molar-refractivity contribution in [2.24, 2.45) is 5.73 Å². The standard InChI is InChI=1S/C3H7NO3/c4-2(1-5)3(6)7/h2,5H,1,4H2,(H,6,7)/t2-/m0/s1/i1D/t1-,2+/m1. The molecule has 0 aliphatic rings. The molecule has 0 aromatic rings. The van der Waals surface area contributed by atoms with Gasteiger partial charge in [-0.15, -0.1) is 0 Å². The molecule has 4 nitrogen and oxygen atoms in total. The van der Waals surface area contributed by atoms with Crippen LogP contribution in [0.2, 0.25) is 0 Å². The number of carboxylic acids is 1. The van der Waals surface area contributed by atoms with E-state index >= 15 is 0 Å². The minimum atomic E-state index is -1.73. The minimum absolute atomic E-state index is 1.37. The molecule has 0 bridgehead atoms. The third-order valence-corrected chi connectivity index (χ3v) is 0.446. The van der Waals surface area contributed by atoms with Crippen LogP contribution < -0.4 is 5.73 Å². The first kappa shape index (κ1) is 4.55. The van der Waals surface area contributed by atoms with E-state index in [1.807, 2.05) is 0 Å². The third-order valence-electron chi connectivity index (χ3n) is 0.446. The second-order valence-corrected chi connectivity index (χ2v) is 1.01. The number of carbonyl (C=O) groups is 1. The van der Waals surface area contributed by atoms with Crippen molar-refractivity contribution in [2.45, 2.75) is 6.04 Å². The summed E-state index contributed by atoms with van der Waals surface area (Å²) < 4.78 is 6.36. The van der Waals surface area contributed by atoms with Crippen molar-refractivity contribution in [1.29, 1.82) is 0 Å². The molecule has 0 saturated heterocycles. The van der Waals surface area contributed by atoms with Crippen molar-refractivity contribution in [3.05, 3.63) is 0 Å². The monoisotopic (exact) mass is 106 g/mol. The molecule has 0 aromatic carbocycles. The molecule has 0 saturated carbocycles. The number of carboxylic acid groups (broad SMARTS) is 1. The molecule has 0 aliphatic carbocycles. The van der Waals surface area contributed by atoms with Crippen LogP contribution in [0.15, 0.2) is 0 Å². The van der Waals surface area contributed by atoms with Gasteiger partial charge in [0.05, 0.1) is 7.95 Å². The average molecular weight is 106 g/mol. The Morgan fingerprint density at radius 1 is 2.14 bits per heavy atom. The van der Waals surface area contributed by atoms with Crippen LogP contribution in [0.1, 0.15) is 1.37 Å². The largest absolute Gasteiger partial charge is 0.480 e. The van der Waals surface area contributed by atoms with Gasteiger partial charge in [0.1, 0.15) is 6.04 Å². The Morgan fingerprint density at radius 2 is 2.57 bits per heavy atom. The van der Waals surface area contributed by atoms with E-state index in [2.05, 4.69) is 0 Å². The fraction of sp³-hybridized carbons (Fsp3) is 0.667. The Kier molecular flexibility index (Phi) is 1.65. The van der Waals surface area contributed by atoms with Crippen LogP contribution in [0.5, 0.6) is 0 Å². The minimum Gasteiger partial charge on any atom is -0.480 e. The van der Waals surface area contributed by atoms with Gasteiger partial charge in [0.15, 0.2) is 0 Å². The summed E-state index contributed by atoms with van der Waals surface area (Å²) in [5.41, 5.74) is 4.72. The molecule has 2 atom stereocenters. The number of nitrogens with two attached hydrogens (primary N) is 1. The molecule has 0 unspecified atom stereocenters. The molecule has 0 spiro atoms. The Bertz CT molecular complexity index is 94.5. The normalized spacial score (nSPS) is 20.0. The summed E-state index contributed by atoms with van der Waals surface area (Å²) in [5.74, 6) is -1.37. The van der Waals surface area contributed by atoms with Gasteiger partial charge < -0.3 is 15.9 Å². The Hall–Kier alpha value is -0.610. The fourth-order valence-corrected chi connectivity index (χ4v) is 0.0638. The molecule has 0 radical (unpaired) electrons. The highest BCUT2D eigenvalue weighted by atomic mass is 16.4. The van der Waals surface area contributed by atoms with Gasteiger partial charge in [-0.25, -0.2) is 0 Å². The van der Waals surface area contributed by atoms with Gasteiger partial charge >= 0.3 is 5.97 Å². The summed E-state index contributed by atoms with van der Waals surface area (Å²) in [6.07, 6.45) is 0. The Balaban J connectivity index is 3.64. The first-order valence-corrected chi connectivity index (χ1v) is 1.64. The van der Waals surface area contributed by atoms with Crippen molar-refractivity contribution in [2.75, 3.05) is 6.58 Å². The zero-order valence-corrected chi connectivity index (χ0v) is 3.53. The van der Waals surface area contributed by atoms with E-state index in [4.69, 9.17) is 17.3 Å². The van der Waals surface area contributed by atoms with Crippen molar-refractivity contribution < 1.29 is 16.4 Å². The van der Waals surface area contributed by atoms with Gasteiger partial charge in [-0.05, 0) is 0 Å². The summed E-state index contributed by atoms with van der Waals surface area (Å²) in [6, 6.07) is -1.49. The van der Waals surface area contributed by atoms with Gasteiger partial charge in [-0.1, -0.05) is 0 Å². The number of hydrogen-bond acceptors (Lipinski definition) is 3. The third kappa shape index (κ3) is 2.13. The lowest BCUT2D eigenvalue weighted by atomic mass is 10.3. The summed E-state index contributed by atoms with van der Waals surface area (Å²) >= 11 is 0. The number of rotatable bonds is 2. The zero-order valence-electron chi connectivity index (χ0n) is 4.53. The molecule has 0 rings (SSSR count). The second kappa shape index (κ2) is 2.54. The van der Waals surface area contributed by atoms with E-state index in [-0.39, 0.29) is 0 Å². The second-order valence-electron chi connectivity index (χ2n) is 1.01. The van der Waals surface area contributed by atoms with E-state index in [0.717, 1.165) is 0 Å². The summed E-state index contributed by atoms with van der Waals surface area (Å²) in [7, 11) is 0. The molecular formula is C3H7NO3. The van der Waals surface area contributed by atoms with Crippen molar-refractivity contribution in [3.63, 3.8) is 0 Å². The Labute approximate surface area is 42.0 Å². The van der Waals surface area contributed by atoms with Gasteiger partial charge in [0.25, 0.3) is 0 Å². The van der Waals surface area contributed by atoms with Crippen LogP contribution in [0, 0.1) is 0 Å². The molecule has 7 heavy (non-hydrogen) atoms. The van der Waals surface area contributed by atoms with Crippen LogP contribution in [0.25, 0.3) is 0 Å². The maximum Gasteiger partial charge on any atom is 0.322 e.